The third-order valence-corrected chi connectivity index (χ3v) is 5.54. The molecule has 0 saturated carbocycles. The molecular formula is C21H27ClN2O3S. The fraction of sp³-hybridized carbons (Fsp3) is 0.429. The van der Waals surface area contributed by atoms with Gasteiger partial charge in [0.05, 0.1) is 23.1 Å². The number of amides is 2. The number of thiophene rings is 1. The number of hydrogen-bond donors (Lipinski definition) is 1. The standard InChI is InChI=1S/C21H27ClN2O3S/c1-5-24(13-15-11-12-18(22)28-15)21(26)19(14(3)4)23-20(25)16-9-7-8-10-17(16)27-6-2/h7-12,14,19H,5-6,13H2,1-4H3,(H,23,25). The lowest BCUT2D eigenvalue weighted by Crippen LogP contribution is -2.51. The molecule has 7 heteroatoms. The molecule has 1 unspecified atom stereocenters. The molecule has 0 aliphatic rings. The van der Waals surface area contributed by atoms with Crippen molar-refractivity contribution >= 4 is 34.8 Å². The highest BCUT2D eigenvalue weighted by Crippen LogP contribution is 2.23. The molecule has 2 amide bonds. The van der Waals surface area contributed by atoms with E-state index in [-0.39, 0.29) is 17.7 Å². The van der Waals surface area contributed by atoms with Gasteiger partial charge in [0.1, 0.15) is 11.8 Å². The number of hydrogen-bond acceptors (Lipinski definition) is 4. The molecule has 5 nitrogen and oxygen atoms in total. The predicted molar refractivity (Wildman–Crippen MR) is 114 cm³/mol. The Kier molecular flexibility index (Phi) is 8.33. The van der Waals surface area contributed by atoms with Crippen LogP contribution in [0.5, 0.6) is 5.75 Å². The summed E-state index contributed by atoms with van der Waals surface area (Å²) in [6.45, 7) is 9.12. The van der Waals surface area contributed by atoms with E-state index in [1.807, 2.05) is 45.9 Å². The molecule has 0 radical (unpaired) electrons. The summed E-state index contributed by atoms with van der Waals surface area (Å²) in [5, 5.41) is 2.90. The molecule has 0 aliphatic carbocycles. The first-order chi connectivity index (χ1) is 13.4. The third kappa shape index (κ3) is 5.72. The highest BCUT2D eigenvalue weighted by molar-refractivity contribution is 7.16. The Morgan fingerprint density at radius 3 is 2.46 bits per heavy atom. The summed E-state index contributed by atoms with van der Waals surface area (Å²) in [4.78, 5) is 28.8. The minimum Gasteiger partial charge on any atom is -0.493 e. The van der Waals surface area contributed by atoms with Crippen LogP contribution in [-0.2, 0) is 11.3 Å². The van der Waals surface area contributed by atoms with Crippen molar-refractivity contribution in [1.82, 2.24) is 10.2 Å². The van der Waals surface area contributed by atoms with Crippen LogP contribution in [0.4, 0.5) is 0 Å². The molecule has 152 valence electrons. The van der Waals surface area contributed by atoms with Crippen LogP contribution in [0.1, 0.15) is 42.9 Å². The van der Waals surface area contributed by atoms with Gasteiger partial charge in [0, 0.05) is 11.4 Å². The van der Waals surface area contributed by atoms with Gasteiger partial charge in [0.2, 0.25) is 5.91 Å². The van der Waals surface area contributed by atoms with Crippen LogP contribution in [0.15, 0.2) is 36.4 Å². The van der Waals surface area contributed by atoms with E-state index in [0.29, 0.717) is 35.3 Å². The lowest BCUT2D eigenvalue weighted by atomic mass is 10.0. The number of benzene rings is 1. The van der Waals surface area contributed by atoms with Gasteiger partial charge < -0.3 is 15.0 Å². The van der Waals surface area contributed by atoms with E-state index in [1.54, 1.807) is 23.1 Å². The molecule has 2 rings (SSSR count). The molecule has 1 heterocycles. The van der Waals surface area contributed by atoms with Crippen LogP contribution in [0.2, 0.25) is 4.34 Å². The van der Waals surface area contributed by atoms with E-state index in [1.165, 1.54) is 11.3 Å². The van der Waals surface area contributed by atoms with E-state index < -0.39 is 6.04 Å². The van der Waals surface area contributed by atoms with Crippen LogP contribution < -0.4 is 10.1 Å². The Labute approximate surface area is 175 Å². The van der Waals surface area contributed by atoms with Crippen molar-refractivity contribution in [3.63, 3.8) is 0 Å². The Morgan fingerprint density at radius 2 is 1.89 bits per heavy atom. The van der Waals surface area contributed by atoms with Crippen molar-refractivity contribution in [2.24, 2.45) is 5.92 Å². The minimum atomic E-state index is -0.627. The zero-order valence-corrected chi connectivity index (χ0v) is 18.3. The van der Waals surface area contributed by atoms with Gasteiger partial charge in [-0.05, 0) is 44.0 Å². The Bertz CT molecular complexity index is 806. The van der Waals surface area contributed by atoms with Gasteiger partial charge in [0.25, 0.3) is 5.91 Å². The number of ether oxygens (including phenoxy) is 1. The second-order valence-corrected chi connectivity index (χ2v) is 8.48. The van der Waals surface area contributed by atoms with Crippen molar-refractivity contribution in [3.8, 4) is 5.75 Å². The summed E-state index contributed by atoms with van der Waals surface area (Å²) in [5.74, 6) is 0.0327. The second-order valence-electron chi connectivity index (χ2n) is 6.68. The summed E-state index contributed by atoms with van der Waals surface area (Å²) < 4.78 is 6.24. The second kappa shape index (κ2) is 10.5. The molecule has 1 N–H and O–H groups in total. The van der Waals surface area contributed by atoms with E-state index >= 15 is 0 Å². The average Bonchev–Trinajstić information content (AvgIpc) is 3.08. The van der Waals surface area contributed by atoms with E-state index in [2.05, 4.69) is 5.32 Å². The fourth-order valence-corrected chi connectivity index (χ4v) is 3.94. The quantitative estimate of drug-likeness (QED) is 0.642. The molecule has 1 atom stereocenters. The lowest BCUT2D eigenvalue weighted by molar-refractivity contribution is -0.134. The molecule has 1 aromatic heterocycles. The molecule has 1 aromatic carbocycles. The van der Waals surface area contributed by atoms with E-state index in [9.17, 15) is 9.59 Å². The fourth-order valence-electron chi connectivity index (χ4n) is 2.84. The van der Waals surface area contributed by atoms with Crippen molar-refractivity contribution in [2.45, 2.75) is 40.3 Å². The first-order valence-corrected chi connectivity index (χ1v) is 10.6. The predicted octanol–water partition coefficient (Wildman–Crippen LogP) is 4.60. The number of para-hydroxylation sites is 1. The third-order valence-electron chi connectivity index (χ3n) is 4.32. The van der Waals surface area contributed by atoms with E-state index in [0.717, 1.165) is 4.88 Å². The largest absolute Gasteiger partial charge is 0.493 e. The van der Waals surface area contributed by atoms with Crippen LogP contribution in [0.25, 0.3) is 0 Å². The van der Waals surface area contributed by atoms with Gasteiger partial charge in [-0.15, -0.1) is 11.3 Å². The lowest BCUT2D eigenvalue weighted by Gasteiger charge is -2.29. The van der Waals surface area contributed by atoms with Crippen molar-refractivity contribution in [2.75, 3.05) is 13.2 Å². The van der Waals surface area contributed by atoms with Gasteiger partial charge in [-0.3, -0.25) is 9.59 Å². The number of rotatable bonds is 9. The van der Waals surface area contributed by atoms with Crippen LogP contribution in [0, 0.1) is 5.92 Å². The highest BCUT2D eigenvalue weighted by Gasteiger charge is 2.29. The van der Waals surface area contributed by atoms with E-state index in [4.69, 9.17) is 16.3 Å². The van der Waals surface area contributed by atoms with Gasteiger partial charge in [-0.1, -0.05) is 37.6 Å². The van der Waals surface area contributed by atoms with Crippen molar-refractivity contribution < 1.29 is 14.3 Å². The van der Waals surface area contributed by atoms with Gasteiger partial charge >= 0.3 is 0 Å². The molecule has 28 heavy (non-hydrogen) atoms. The molecule has 0 aliphatic heterocycles. The summed E-state index contributed by atoms with van der Waals surface area (Å²) in [6, 6.07) is 10.2. The maximum absolute atomic E-state index is 13.2. The maximum atomic E-state index is 13.2. The maximum Gasteiger partial charge on any atom is 0.255 e. The van der Waals surface area contributed by atoms with Gasteiger partial charge in [0.15, 0.2) is 0 Å². The SMILES string of the molecule is CCOc1ccccc1C(=O)NC(C(=O)N(CC)Cc1ccc(Cl)s1)C(C)C. The Morgan fingerprint density at radius 1 is 1.18 bits per heavy atom. The van der Waals surface area contributed by atoms with Gasteiger partial charge in [-0.2, -0.15) is 0 Å². The first-order valence-electron chi connectivity index (χ1n) is 9.43. The Balaban J connectivity index is 2.17. The summed E-state index contributed by atoms with van der Waals surface area (Å²) in [7, 11) is 0. The Hall–Kier alpha value is -2.05. The number of nitrogens with zero attached hydrogens (tertiary/aromatic N) is 1. The number of nitrogens with one attached hydrogen (secondary N) is 1. The molecule has 2 aromatic rings. The zero-order valence-electron chi connectivity index (χ0n) is 16.7. The molecule has 0 saturated heterocycles. The number of carbonyl (C=O) groups is 2. The molecule has 0 fully saturated rings. The first kappa shape index (κ1) is 22.2. The van der Waals surface area contributed by atoms with Crippen LogP contribution in [-0.4, -0.2) is 35.9 Å². The van der Waals surface area contributed by atoms with Crippen LogP contribution >= 0.6 is 22.9 Å². The monoisotopic (exact) mass is 422 g/mol. The highest BCUT2D eigenvalue weighted by atomic mass is 35.5. The number of halogens is 1. The smallest absolute Gasteiger partial charge is 0.255 e. The van der Waals surface area contributed by atoms with Crippen molar-refractivity contribution in [3.05, 3.63) is 51.2 Å². The summed E-state index contributed by atoms with van der Waals surface area (Å²) in [6.07, 6.45) is 0. The topological polar surface area (TPSA) is 58.6 Å². The number of carbonyl (C=O) groups excluding carboxylic acids is 2. The summed E-state index contributed by atoms with van der Waals surface area (Å²) >= 11 is 7.46. The number of likely N-dealkylation sites (N-methyl/N-ethyl adjacent to an activating group) is 1. The molecule has 0 spiro atoms. The molecule has 0 bridgehead atoms. The zero-order chi connectivity index (χ0) is 20.7. The average molecular weight is 423 g/mol. The van der Waals surface area contributed by atoms with Crippen LogP contribution in [0.3, 0.4) is 0 Å². The van der Waals surface area contributed by atoms with Crippen molar-refractivity contribution in [1.29, 1.82) is 0 Å². The molecular weight excluding hydrogens is 396 g/mol. The van der Waals surface area contributed by atoms with Gasteiger partial charge in [-0.25, -0.2) is 0 Å². The minimum absolute atomic E-state index is 0.0586. The summed E-state index contributed by atoms with van der Waals surface area (Å²) in [5.41, 5.74) is 0.427. The normalized spacial score (nSPS) is 11.9.